The van der Waals surface area contributed by atoms with Crippen molar-refractivity contribution >= 4 is 11.5 Å². The van der Waals surface area contributed by atoms with Crippen LogP contribution >= 0.6 is 11.5 Å². The first-order valence-corrected chi connectivity index (χ1v) is 4.47. The highest BCUT2D eigenvalue weighted by Crippen LogP contribution is 2.19. The summed E-state index contributed by atoms with van der Waals surface area (Å²) in [6.07, 6.45) is 3.66. The zero-order valence-corrected chi connectivity index (χ0v) is 7.51. The van der Waals surface area contributed by atoms with Crippen LogP contribution in [0.15, 0.2) is 30.6 Å². The summed E-state index contributed by atoms with van der Waals surface area (Å²) in [6.45, 7) is 2.03. The molecule has 0 aromatic carbocycles. The maximum atomic E-state index is 4.29. The third-order valence-electron chi connectivity index (χ3n) is 1.60. The molecule has 3 heteroatoms. The number of pyridine rings is 1. The molecule has 0 bridgehead atoms. The number of rotatable bonds is 1. The van der Waals surface area contributed by atoms with Gasteiger partial charge in [-0.05, 0) is 36.2 Å². The Hall–Kier alpha value is -1.22. The van der Waals surface area contributed by atoms with Gasteiger partial charge in [0, 0.05) is 12.4 Å². The molecule has 0 amide bonds. The van der Waals surface area contributed by atoms with E-state index in [0.717, 1.165) is 10.6 Å². The third kappa shape index (κ3) is 1.36. The van der Waals surface area contributed by atoms with Crippen LogP contribution in [0.3, 0.4) is 0 Å². The molecule has 12 heavy (non-hydrogen) atoms. The molecule has 60 valence electrons. The van der Waals surface area contributed by atoms with Gasteiger partial charge in [0.15, 0.2) is 0 Å². The van der Waals surface area contributed by atoms with Crippen LogP contribution in [-0.4, -0.2) is 9.36 Å². The van der Waals surface area contributed by atoms with Gasteiger partial charge in [0.1, 0.15) is 0 Å². The van der Waals surface area contributed by atoms with Gasteiger partial charge < -0.3 is 0 Å². The molecule has 0 spiro atoms. The van der Waals surface area contributed by atoms with Gasteiger partial charge in [0.2, 0.25) is 0 Å². The van der Waals surface area contributed by atoms with Gasteiger partial charge in [-0.25, -0.2) is 4.37 Å². The Bertz CT molecular complexity index is 351. The van der Waals surface area contributed by atoms with Crippen molar-refractivity contribution in [3.63, 3.8) is 0 Å². The molecule has 0 fully saturated rings. The van der Waals surface area contributed by atoms with Crippen LogP contribution in [0.5, 0.6) is 0 Å². The predicted octanol–water partition coefficient (Wildman–Crippen LogP) is 2.51. The first-order chi connectivity index (χ1) is 5.86. The van der Waals surface area contributed by atoms with E-state index >= 15 is 0 Å². The molecule has 0 radical (unpaired) electrons. The van der Waals surface area contributed by atoms with E-state index in [1.165, 1.54) is 17.1 Å². The van der Waals surface area contributed by atoms with E-state index in [1.54, 1.807) is 6.20 Å². The van der Waals surface area contributed by atoms with Crippen molar-refractivity contribution in [3.8, 4) is 10.6 Å². The molecule has 0 unspecified atom stereocenters. The van der Waals surface area contributed by atoms with Gasteiger partial charge in [-0.15, -0.1) is 0 Å². The van der Waals surface area contributed by atoms with Gasteiger partial charge in [-0.1, -0.05) is 6.07 Å². The summed E-state index contributed by atoms with van der Waals surface area (Å²) in [5.41, 5.74) is 2.19. The lowest BCUT2D eigenvalue weighted by Crippen LogP contribution is -1.79. The molecule has 0 aliphatic carbocycles. The van der Waals surface area contributed by atoms with E-state index in [4.69, 9.17) is 0 Å². The van der Waals surface area contributed by atoms with Crippen molar-refractivity contribution in [2.45, 2.75) is 6.92 Å². The smallest absolute Gasteiger partial charge is 0.0818 e. The molecule has 2 aromatic rings. The standard InChI is InChI=1S/C9H8N2S/c1-7-2-3-8(10-6-7)9-4-5-11-12-9/h2-6H,1H3. The molecule has 2 heterocycles. The monoisotopic (exact) mass is 176 g/mol. The molecule has 0 saturated heterocycles. The fourth-order valence-corrected chi connectivity index (χ4v) is 1.53. The van der Waals surface area contributed by atoms with E-state index < -0.39 is 0 Å². The van der Waals surface area contributed by atoms with Gasteiger partial charge in [0.25, 0.3) is 0 Å². The molecular formula is C9H8N2S. The minimum Gasteiger partial charge on any atom is -0.255 e. The second-order valence-electron chi connectivity index (χ2n) is 2.60. The molecule has 2 rings (SSSR count). The Morgan fingerprint density at radius 2 is 2.17 bits per heavy atom. The maximum Gasteiger partial charge on any atom is 0.0818 e. The van der Waals surface area contributed by atoms with Crippen molar-refractivity contribution < 1.29 is 0 Å². The average molecular weight is 176 g/mol. The Kier molecular flexibility index (Phi) is 1.87. The van der Waals surface area contributed by atoms with Crippen LogP contribution < -0.4 is 0 Å². The van der Waals surface area contributed by atoms with Crippen LogP contribution in [0, 0.1) is 6.92 Å². The van der Waals surface area contributed by atoms with Gasteiger partial charge >= 0.3 is 0 Å². The SMILES string of the molecule is Cc1ccc(-c2ccns2)nc1. The second-order valence-corrected chi connectivity index (χ2v) is 3.43. The summed E-state index contributed by atoms with van der Waals surface area (Å²) in [5, 5.41) is 0. The van der Waals surface area contributed by atoms with Crippen LogP contribution in [0.4, 0.5) is 0 Å². The van der Waals surface area contributed by atoms with Crippen LogP contribution in [-0.2, 0) is 0 Å². The molecule has 2 nitrogen and oxygen atoms in total. The number of hydrogen-bond acceptors (Lipinski definition) is 3. The Morgan fingerprint density at radius 3 is 2.75 bits per heavy atom. The highest BCUT2D eigenvalue weighted by Gasteiger charge is 1.98. The minimum atomic E-state index is 1.00. The van der Waals surface area contributed by atoms with Crippen molar-refractivity contribution in [1.82, 2.24) is 9.36 Å². The number of nitrogens with zero attached hydrogens (tertiary/aromatic N) is 2. The lowest BCUT2D eigenvalue weighted by molar-refractivity contribution is 1.28. The molecule has 2 aromatic heterocycles. The van der Waals surface area contributed by atoms with Gasteiger partial charge in [0.05, 0.1) is 10.6 Å². The van der Waals surface area contributed by atoms with Gasteiger partial charge in [-0.2, -0.15) is 0 Å². The van der Waals surface area contributed by atoms with Crippen LogP contribution in [0.2, 0.25) is 0 Å². The summed E-state index contributed by atoms with van der Waals surface area (Å²) in [4.78, 5) is 5.41. The summed E-state index contributed by atoms with van der Waals surface area (Å²) < 4.78 is 4.02. The molecular weight excluding hydrogens is 168 g/mol. The van der Waals surface area contributed by atoms with Crippen molar-refractivity contribution in [1.29, 1.82) is 0 Å². The first kappa shape index (κ1) is 7.43. The van der Waals surface area contributed by atoms with Crippen molar-refractivity contribution in [2.24, 2.45) is 0 Å². The van der Waals surface area contributed by atoms with Crippen molar-refractivity contribution in [3.05, 3.63) is 36.2 Å². The van der Waals surface area contributed by atoms with Gasteiger partial charge in [-0.3, -0.25) is 4.98 Å². The topological polar surface area (TPSA) is 25.8 Å². The molecule has 0 atom stereocenters. The fraction of sp³-hybridized carbons (Fsp3) is 0.111. The van der Waals surface area contributed by atoms with E-state index in [9.17, 15) is 0 Å². The zero-order valence-electron chi connectivity index (χ0n) is 6.69. The first-order valence-electron chi connectivity index (χ1n) is 3.70. The van der Waals surface area contributed by atoms with Crippen molar-refractivity contribution in [2.75, 3.05) is 0 Å². The highest BCUT2D eigenvalue weighted by molar-refractivity contribution is 7.09. The number of aromatic nitrogens is 2. The van der Waals surface area contributed by atoms with E-state index in [1.807, 2.05) is 25.3 Å². The largest absolute Gasteiger partial charge is 0.255 e. The Morgan fingerprint density at radius 1 is 1.25 bits per heavy atom. The lowest BCUT2D eigenvalue weighted by atomic mass is 10.2. The number of hydrogen-bond donors (Lipinski definition) is 0. The molecule has 0 N–H and O–H groups in total. The zero-order chi connectivity index (χ0) is 8.39. The fourth-order valence-electron chi connectivity index (χ4n) is 0.961. The summed E-state index contributed by atoms with van der Waals surface area (Å²) in [5.74, 6) is 0. The van der Waals surface area contributed by atoms with E-state index in [0.29, 0.717) is 0 Å². The average Bonchev–Trinajstić information content (AvgIpc) is 2.58. The second kappa shape index (κ2) is 3.03. The highest BCUT2D eigenvalue weighted by atomic mass is 32.1. The quantitative estimate of drug-likeness (QED) is 0.667. The Labute approximate surface area is 75.1 Å². The minimum absolute atomic E-state index is 1.00. The van der Waals surface area contributed by atoms with E-state index in [-0.39, 0.29) is 0 Å². The molecule has 0 aliphatic heterocycles. The summed E-state index contributed by atoms with van der Waals surface area (Å²) >= 11 is 1.47. The normalized spacial score (nSPS) is 10.1. The number of aryl methyl sites for hydroxylation is 1. The maximum absolute atomic E-state index is 4.29. The summed E-state index contributed by atoms with van der Waals surface area (Å²) in [7, 11) is 0. The van der Waals surface area contributed by atoms with Crippen LogP contribution in [0.1, 0.15) is 5.56 Å². The summed E-state index contributed by atoms with van der Waals surface area (Å²) in [6, 6.07) is 6.05. The van der Waals surface area contributed by atoms with E-state index in [2.05, 4.69) is 15.4 Å². The Balaban J connectivity index is 2.43. The predicted molar refractivity (Wildman–Crippen MR) is 50.1 cm³/mol. The third-order valence-corrected chi connectivity index (χ3v) is 2.37. The molecule has 0 aliphatic rings. The molecule has 0 saturated carbocycles. The lowest BCUT2D eigenvalue weighted by Gasteiger charge is -1.94. The van der Waals surface area contributed by atoms with Crippen LogP contribution in [0.25, 0.3) is 10.6 Å².